The average Bonchev–Trinajstić information content (AvgIpc) is 3.43. The molecule has 0 saturated carbocycles. The molecule has 5 rings (SSSR count). The van der Waals surface area contributed by atoms with Crippen LogP contribution in [0.2, 0.25) is 0 Å². The van der Waals surface area contributed by atoms with Gasteiger partial charge >= 0.3 is 0 Å². The summed E-state index contributed by atoms with van der Waals surface area (Å²) in [6.07, 6.45) is 0. The number of aryl methyl sites for hydroxylation is 1. The third-order valence-electron chi connectivity index (χ3n) is 4.73. The summed E-state index contributed by atoms with van der Waals surface area (Å²) in [5.74, 6) is 0.569. The van der Waals surface area contributed by atoms with Crippen LogP contribution in [-0.2, 0) is 0 Å². The van der Waals surface area contributed by atoms with E-state index < -0.39 is 0 Å². The fourth-order valence-corrected chi connectivity index (χ4v) is 3.86. The van der Waals surface area contributed by atoms with E-state index in [-0.39, 0.29) is 5.91 Å². The average molecular weight is 411 g/mol. The molecule has 3 heterocycles. The lowest BCUT2D eigenvalue weighted by Crippen LogP contribution is -2.11. The van der Waals surface area contributed by atoms with Crippen LogP contribution in [0.5, 0.6) is 0 Å². The first-order chi connectivity index (χ1) is 14.7. The number of aromatic nitrogens is 4. The minimum atomic E-state index is -0.144. The van der Waals surface area contributed by atoms with Crippen LogP contribution in [0.3, 0.4) is 0 Å². The maximum absolute atomic E-state index is 12.5. The molecule has 0 spiro atoms. The molecule has 0 aliphatic heterocycles. The molecule has 7 heteroatoms. The molecule has 0 bridgehead atoms. The van der Waals surface area contributed by atoms with Crippen LogP contribution >= 0.6 is 11.3 Å². The Kier molecular flexibility index (Phi) is 4.57. The summed E-state index contributed by atoms with van der Waals surface area (Å²) in [4.78, 5) is 13.5. The van der Waals surface area contributed by atoms with Crippen molar-refractivity contribution in [1.82, 2.24) is 19.8 Å². The van der Waals surface area contributed by atoms with Crippen molar-refractivity contribution >= 4 is 28.6 Å². The Balaban J connectivity index is 1.46. The van der Waals surface area contributed by atoms with E-state index in [4.69, 9.17) is 5.10 Å². The van der Waals surface area contributed by atoms with Crippen molar-refractivity contribution in [1.29, 1.82) is 0 Å². The van der Waals surface area contributed by atoms with Gasteiger partial charge in [0.1, 0.15) is 0 Å². The lowest BCUT2D eigenvalue weighted by atomic mass is 10.1. The van der Waals surface area contributed by atoms with Crippen molar-refractivity contribution in [2.45, 2.75) is 6.92 Å². The number of thiophene rings is 1. The van der Waals surface area contributed by atoms with Crippen molar-refractivity contribution < 1.29 is 4.79 Å². The number of benzene rings is 2. The lowest BCUT2D eigenvalue weighted by Gasteiger charge is -2.08. The molecule has 6 nitrogen and oxygen atoms in total. The minimum Gasteiger partial charge on any atom is -0.322 e. The third kappa shape index (κ3) is 3.46. The van der Waals surface area contributed by atoms with E-state index in [1.165, 1.54) is 0 Å². The first kappa shape index (κ1) is 18.2. The third-order valence-corrected chi connectivity index (χ3v) is 5.60. The lowest BCUT2D eigenvalue weighted by molar-refractivity contribution is 0.102. The first-order valence-corrected chi connectivity index (χ1v) is 10.3. The number of fused-ring (bicyclic) bond motifs is 1. The SMILES string of the molecule is Cc1ccc(C(=O)Nc2cccc(-c3ccc4nnc(-c5cccs5)n4n3)c2)cc1. The van der Waals surface area contributed by atoms with E-state index in [0.29, 0.717) is 22.7 Å². The smallest absolute Gasteiger partial charge is 0.255 e. The van der Waals surface area contributed by atoms with Gasteiger partial charge in [-0.15, -0.1) is 21.5 Å². The molecule has 1 amide bonds. The van der Waals surface area contributed by atoms with Gasteiger partial charge < -0.3 is 5.32 Å². The highest BCUT2D eigenvalue weighted by molar-refractivity contribution is 7.13. The maximum Gasteiger partial charge on any atom is 0.255 e. The summed E-state index contributed by atoms with van der Waals surface area (Å²) in [5.41, 5.74) is 4.80. The molecule has 5 aromatic rings. The second-order valence-corrected chi connectivity index (χ2v) is 7.84. The highest BCUT2D eigenvalue weighted by Gasteiger charge is 2.12. The molecule has 0 aliphatic carbocycles. The predicted molar refractivity (Wildman–Crippen MR) is 119 cm³/mol. The van der Waals surface area contributed by atoms with Crippen LogP contribution < -0.4 is 5.32 Å². The van der Waals surface area contributed by atoms with Crippen molar-refractivity contribution in [3.63, 3.8) is 0 Å². The molecule has 0 atom stereocenters. The summed E-state index contributed by atoms with van der Waals surface area (Å²) >= 11 is 1.59. The van der Waals surface area contributed by atoms with Crippen molar-refractivity contribution in [3.05, 3.63) is 89.3 Å². The zero-order chi connectivity index (χ0) is 20.5. The molecular weight excluding hydrogens is 394 g/mol. The van der Waals surface area contributed by atoms with Gasteiger partial charge in [0.25, 0.3) is 5.91 Å². The first-order valence-electron chi connectivity index (χ1n) is 9.42. The number of nitrogens with zero attached hydrogens (tertiary/aromatic N) is 4. The maximum atomic E-state index is 12.5. The molecule has 0 unspecified atom stereocenters. The molecule has 1 N–H and O–H groups in total. The van der Waals surface area contributed by atoms with Gasteiger partial charge in [-0.3, -0.25) is 4.79 Å². The van der Waals surface area contributed by atoms with Crippen LogP contribution in [0, 0.1) is 6.92 Å². The zero-order valence-electron chi connectivity index (χ0n) is 16.1. The van der Waals surface area contributed by atoms with E-state index >= 15 is 0 Å². The Labute approximate surface area is 176 Å². The molecule has 0 fully saturated rings. The van der Waals surface area contributed by atoms with Crippen LogP contribution in [0.1, 0.15) is 15.9 Å². The quantitative estimate of drug-likeness (QED) is 0.448. The minimum absolute atomic E-state index is 0.144. The van der Waals surface area contributed by atoms with Crippen molar-refractivity contribution in [3.8, 4) is 22.0 Å². The summed E-state index contributed by atoms with van der Waals surface area (Å²) in [5, 5.41) is 18.2. The van der Waals surface area contributed by atoms with Gasteiger partial charge in [0.2, 0.25) is 0 Å². The highest BCUT2D eigenvalue weighted by atomic mass is 32.1. The number of carbonyl (C=O) groups is 1. The van der Waals surface area contributed by atoms with Gasteiger partial charge in [-0.25, -0.2) is 0 Å². The molecule has 30 heavy (non-hydrogen) atoms. The Morgan fingerprint density at radius 1 is 0.967 bits per heavy atom. The van der Waals surface area contributed by atoms with Gasteiger partial charge in [-0.2, -0.15) is 9.61 Å². The second-order valence-electron chi connectivity index (χ2n) is 6.89. The number of nitrogens with one attached hydrogen (secondary N) is 1. The van der Waals surface area contributed by atoms with Crippen LogP contribution in [0.15, 0.2) is 78.2 Å². The van der Waals surface area contributed by atoms with Crippen molar-refractivity contribution in [2.24, 2.45) is 0 Å². The normalized spacial score (nSPS) is 11.0. The molecule has 146 valence electrons. The summed E-state index contributed by atoms with van der Waals surface area (Å²) in [6.45, 7) is 1.99. The molecule has 0 aliphatic rings. The van der Waals surface area contributed by atoms with E-state index in [9.17, 15) is 4.79 Å². The van der Waals surface area contributed by atoms with Gasteiger partial charge in [-0.1, -0.05) is 35.9 Å². The number of hydrogen-bond acceptors (Lipinski definition) is 5. The topological polar surface area (TPSA) is 72.2 Å². The Morgan fingerprint density at radius 2 is 1.83 bits per heavy atom. The van der Waals surface area contributed by atoms with Gasteiger partial charge in [0.15, 0.2) is 11.5 Å². The van der Waals surface area contributed by atoms with Crippen molar-refractivity contribution in [2.75, 3.05) is 5.32 Å². The van der Waals surface area contributed by atoms with E-state index in [0.717, 1.165) is 21.7 Å². The number of carbonyl (C=O) groups excluding carboxylic acids is 1. The fourth-order valence-electron chi connectivity index (χ4n) is 3.17. The number of anilines is 1. The predicted octanol–water partition coefficient (Wildman–Crippen LogP) is 5.08. The van der Waals surface area contributed by atoms with Crippen LogP contribution in [-0.4, -0.2) is 25.7 Å². The van der Waals surface area contributed by atoms with E-state index in [1.807, 2.05) is 85.1 Å². The van der Waals surface area contributed by atoms with Crippen LogP contribution in [0.4, 0.5) is 5.69 Å². The van der Waals surface area contributed by atoms with E-state index in [1.54, 1.807) is 15.9 Å². The molecule has 0 saturated heterocycles. The molecule has 2 aromatic carbocycles. The van der Waals surface area contributed by atoms with Gasteiger partial charge in [0.05, 0.1) is 10.6 Å². The van der Waals surface area contributed by atoms with Gasteiger partial charge in [0, 0.05) is 16.8 Å². The summed E-state index contributed by atoms with van der Waals surface area (Å²) in [7, 11) is 0. The summed E-state index contributed by atoms with van der Waals surface area (Å²) < 4.78 is 1.75. The monoisotopic (exact) mass is 411 g/mol. The Morgan fingerprint density at radius 3 is 2.63 bits per heavy atom. The highest BCUT2D eigenvalue weighted by Crippen LogP contribution is 2.25. The summed E-state index contributed by atoms with van der Waals surface area (Å²) in [6, 6.07) is 22.9. The van der Waals surface area contributed by atoms with Crippen LogP contribution in [0.25, 0.3) is 27.6 Å². The standard InChI is InChI=1S/C23H17N5OS/c1-15-7-9-16(10-8-15)23(29)24-18-5-2-4-17(14-18)19-11-12-21-25-26-22(28(21)27-19)20-6-3-13-30-20/h2-14H,1H3,(H,24,29). The fraction of sp³-hybridized carbons (Fsp3) is 0.0435. The second kappa shape index (κ2) is 7.53. The molecule has 3 aromatic heterocycles. The Hall–Kier alpha value is -3.84. The Bertz CT molecular complexity index is 1340. The largest absolute Gasteiger partial charge is 0.322 e. The molecule has 0 radical (unpaired) electrons. The molecular formula is C23H17N5OS. The van der Waals surface area contributed by atoms with E-state index in [2.05, 4.69) is 15.5 Å². The number of rotatable bonds is 4. The number of hydrogen-bond donors (Lipinski definition) is 1. The zero-order valence-corrected chi connectivity index (χ0v) is 16.9. The van der Waals surface area contributed by atoms with Gasteiger partial charge in [-0.05, 0) is 54.8 Å². The number of amides is 1.